The van der Waals surface area contributed by atoms with Crippen LogP contribution in [-0.4, -0.2) is 227 Å². The Morgan fingerprint density at radius 1 is 0.181 bits per heavy atom. The van der Waals surface area contributed by atoms with Crippen LogP contribution in [0.5, 0.6) is 0 Å². The van der Waals surface area contributed by atoms with Crippen molar-refractivity contribution in [3.63, 3.8) is 0 Å². The minimum Gasteiger partial charge on any atom is -0.442 e. The van der Waals surface area contributed by atoms with Crippen LogP contribution in [0.1, 0.15) is 34.6 Å². The average Bonchev–Trinajstić information content (AvgIpc) is 0.866. The van der Waals surface area contributed by atoms with Gasteiger partial charge in [0.05, 0.1) is 0 Å². The summed E-state index contributed by atoms with van der Waals surface area (Å²) >= 11 is 0. The maximum absolute atomic E-state index is 6.29. The first-order valence-electron chi connectivity index (χ1n) is 39.7. The summed E-state index contributed by atoms with van der Waals surface area (Å²) in [4.78, 5) is 0. The molecule has 19 nitrogen and oxygen atoms in total. The lowest BCUT2D eigenvalue weighted by atomic mass is 11.0. The van der Waals surface area contributed by atoms with E-state index >= 15 is 0 Å². The van der Waals surface area contributed by atoms with Crippen LogP contribution in [0.25, 0.3) is 0 Å². The SMILES string of the molecule is CC[SiH](O[Si](C)(C)C)O[Si](C)(C)C.CC[SiH](O[Si](C)(C)C)O[Si](C)(C)C.CC[Si](C)(O[SiH](C)C)O[SiH](C)O[SiH](C)C.CC[Si](C)(O[SiH](C)O[Si](C)(C)C)O[Si](C)(C)C.CC[Si](C)(O[SiH](C)O[Si](C)(C)C)O[Si](C)(C)C.C[SiH](C)O[SiH](C)O[Si](C)(C)O[SiH](C)C.C[SiH](O[Si](C)(C)C)O[Si](C)(C)O[Si](C)(C)C. The molecular weight excluding hydrogens is 1750 g/mol. The van der Waals surface area contributed by atoms with E-state index in [9.17, 15) is 0 Å². The number of hydrogen-bond acceptors (Lipinski definition) is 19. The lowest BCUT2D eigenvalue weighted by Crippen LogP contribution is -2.51. The van der Waals surface area contributed by atoms with Crippen molar-refractivity contribution in [1.82, 2.24) is 0 Å². The van der Waals surface area contributed by atoms with Crippen molar-refractivity contribution in [3.8, 4) is 0 Å². The minimum atomic E-state index is -2.00. The third-order valence-corrected chi connectivity index (χ3v) is 90.3. The van der Waals surface area contributed by atoms with Crippen LogP contribution >= 0.6 is 0 Å². The first kappa shape index (κ1) is 123. The van der Waals surface area contributed by atoms with Gasteiger partial charge in [-0.1, -0.05) is 34.6 Å². The Labute approximate surface area is 691 Å². The molecule has 0 bridgehead atoms. The van der Waals surface area contributed by atoms with Gasteiger partial charge < -0.3 is 78.2 Å². The van der Waals surface area contributed by atoms with Gasteiger partial charge in [-0.2, -0.15) is 0 Å². The maximum atomic E-state index is 6.29. The second kappa shape index (κ2) is 54.9. The van der Waals surface area contributed by atoms with Gasteiger partial charge in [0.2, 0.25) is 0 Å². The van der Waals surface area contributed by atoms with Crippen LogP contribution in [0.2, 0.25) is 358 Å². The summed E-state index contributed by atoms with van der Waals surface area (Å²) in [5.74, 6) is 0. The third kappa shape index (κ3) is 95.9. The molecule has 105 heavy (non-hydrogen) atoms. The quantitative estimate of drug-likeness (QED) is 0.0527. The molecular formula is C60H186O19Si26. The molecule has 0 rings (SSSR count). The third-order valence-electron chi connectivity index (χ3n) is 11.8. The normalized spacial score (nSPS) is 16.7. The van der Waals surface area contributed by atoms with Crippen LogP contribution in [-0.2, 0) is 78.2 Å². The van der Waals surface area contributed by atoms with Crippen molar-refractivity contribution >= 4 is 227 Å². The molecule has 0 heterocycles. The molecule has 0 aliphatic carbocycles. The lowest BCUT2D eigenvalue weighted by molar-refractivity contribution is 0.343. The zero-order chi connectivity index (χ0) is 85.8. The fourth-order valence-corrected chi connectivity index (χ4v) is 94.6. The summed E-state index contributed by atoms with van der Waals surface area (Å²) in [5, 5.41) is 0. The van der Waals surface area contributed by atoms with Gasteiger partial charge in [-0.05, 0) is 358 Å². The van der Waals surface area contributed by atoms with E-state index < -0.39 is 227 Å². The van der Waals surface area contributed by atoms with Crippen molar-refractivity contribution in [3.05, 3.63) is 0 Å². The van der Waals surface area contributed by atoms with E-state index in [1.54, 1.807) is 0 Å². The highest BCUT2D eigenvalue weighted by molar-refractivity contribution is 6.89. The number of rotatable bonds is 43. The van der Waals surface area contributed by atoms with Crippen molar-refractivity contribution in [2.24, 2.45) is 0 Å². The van der Waals surface area contributed by atoms with Gasteiger partial charge in [-0.3, -0.25) is 0 Å². The highest BCUT2D eigenvalue weighted by Crippen LogP contribution is 2.25. The van der Waals surface area contributed by atoms with Gasteiger partial charge in [-0.25, -0.2) is 0 Å². The largest absolute Gasteiger partial charge is 0.442 e. The van der Waals surface area contributed by atoms with Gasteiger partial charge in [-0.15, -0.1) is 0 Å². The second-order valence-corrected chi connectivity index (χ2v) is 131. The Hall–Kier alpha value is 4.88. The van der Waals surface area contributed by atoms with Crippen molar-refractivity contribution < 1.29 is 78.2 Å². The van der Waals surface area contributed by atoms with Crippen LogP contribution in [0.15, 0.2) is 0 Å². The molecule has 0 radical (unpaired) electrons. The molecule has 0 aromatic rings. The molecule has 0 aromatic heterocycles. The van der Waals surface area contributed by atoms with Crippen molar-refractivity contribution in [2.45, 2.75) is 392 Å². The summed E-state index contributed by atoms with van der Waals surface area (Å²) in [6, 6.07) is 5.22. The van der Waals surface area contributed by atoms with Gasteiger partial charge in [0, 0.05) is 0 Å². The van der Waals surface area contributed by atoms with Crippen LogP contribution in [0, 0.1) is 0 Å². The molecule has 0 aliphatic rings. The first-order chi connectivity index (χ1) is 45.8. The summed E-state index contributed by atoms with van der Waals surface area (Å²) < 4.78 is 115. The highest BCUT2D eigenvalue weighted by atomic mass is 28.5. The molecule has 8 atom stereocenters. The molecule has 0 saturated carbocycles. The second-order valence-electron chi connectivity index (χ2n) is 39.3. The average molecular weight is 1940 g/mol. The molecule has 0 aromatic carbocycles. The molecule has 0 fully saturated rings. The maximum Gasteiger partial charge on any atom is 0.315 e. The van der Waals surface area contributed by atoms with Gasteiger partial charge in [0.1, 0.15) is 0 Å². The molecule has 0 amide bonds. The predicted molar refractivity (Wildman–Crippen MR) is 531 cm³/mol. The number of hydrogen-bond donors (Lipinski definition) is 0. The smallest absolute Gasteiger partial charge is 0.315 e. The monoisotopic (exact) mass is 1940 g/mol. The van der Waals surface area contributed by atoms with Crippen molar-refractivity contribution in [1.29, 1.82) is 0 Å². The van der Waals surface area contributed by atoms with E-state index in [-0.39, 0.29) is 0 Å². The van der Waals surface area contributed by atoms with Crippen LogP contribution in [0.3, 0.4) is 0 Å². The van der Waals surface area contributed by atoms with E-state index in [4.69, 9.17) is 78.2 Å². The summed E-state index contributed by atoms with van der Waals surface area (Å²) in [5.41, 5.74) is 0. The van der Waals surface area contributed by atoms with E-state index in [2.05, 4.69) is 362 Å². The Morgan fingerprint density at radius 2 is 0.390 bits per heavy atom. The molecule has 0 spiro atoms. The van der Waals surface area contributed by atoms with Crippen LogP contribution < -0.4 is 0 Å². The highest BCUT2D eigenvalue weighted by Gasteiger charge is 2.41. The van der Waals surface area contributed by atoms with E-state index in [1.165, 1.54) is 0 Å². The Morgan fingerprint density at radius 3 is 0.581 bits per heavy atom. The fourth-order valence-electron chi connectivity index (χ4n) is 9.90. The van der Waals surface area contributed by atoms with Gasteiger partial charge in [0.25, 0.3) is 46.4 Å². The van der Waals surface area contributed by atoms with Crippen LogP contribution in [0.4, 0.5) is 0 Å². The fraction of sp³-hybridized carbons (Fsp3) is 1.00. The minimum absolute atomic E-state index is 0.939. The van der Waals surface area contributed by atoms with Gasteiger partial charge >= 0.3 is 61.4 Å². The first-order valence-corrected chi connectivity index (χ1v) is 112. The Kier molecular flexibility index (Phi) is 64.4. The summed E-state index contributed by atoms with van der Waals surface area (Å²) in [7, 11) is -38.3. The topological polar surface area (TPSA) is 175 Å². The van der Waals surface area contributed by atoms with E-state index in [0.29, 0.717) is 0 Å². The molecule has 0 aliphatic heterocycles. The predicted octanol–water partition coefficient (Wildman–Crippen LogP) is 19.9. The summed E-state index contributed by atoms with van der Waals surface area (Å²) in [6.07, 6.45) is 0. The molecule has 0 N–H and O–H groups in total. The van der Waals surface area contributed by atoms with Gasteiger partial charge in [0.15, 0.2) is 119 Å². The lowest BCUT2D eigenvalue weighted by Gasteiger charge is -2.36. The van der Waals surface area contributed by atoms with Crippen molar-refractivity contribution in [2.75, 3.05) is 0 Å². The summed E-state index contributed by atoms with van der Waals surface area (Å²) in [6.45, 7) is 121. The molecule has 644 valence electrons. The zero-order valence-electron chi connectivity index (χ0n) is 80.1. The zero-order valence-corrected chi connectivity index (χ0v) is 108. The Bertz CT molecular complexity index is 2040. The standard InChI is InChI=1S/2C10H30O3Si4.C9H28O3Si4.C8H26O3Si4.2C8H24O2Si3.C7H24O3Si4/c2*1-10-17(9,13-16(6,7)8)12-14(2)11-15(3,4)5;1-13(10-14(2,3)4)11-16(8,9)12-15(5,6)7;1-8-15(7,10-13(4)5)11-14(6)9-12(2)3;2*1-8-11(9-12(2,3)4)10-13(5,6)7;1-11(2)8-13(5)10-14(6,7)9-12(3)4/h2*14H,10H2,1-9H3;13H,1-9H3;12-14H,8H2,1-7H3;2*11H,8H2,1-7H3;11-13H,1-7H3. The molecule has 45 heteroatoms. The van der Waals surface area contributed by atoms with E-state index in [1.807, 2.05) is 0 Å². The molecule has 8 unspecified atom stereocenters. The Balaban J connectivity index is -0.000000214. The molecule has 0 saturated heterocycles. The van der Waals surface area contributed by atoms with E-state index in [0.717, 1.165) is 30.2 Å².